The summed E-state index contributed by atoms with van der Waals surface area (Å²) in [5.41, 5.74) is 1.44. The Bertz CT molecular complexity index is 1070. The molecule has 9 heteroatoms. The van der Waals surface area contributed by atoms with Crippen molar-refractivity contribution in [2.24, 2.45) is 0 Å². The molecule has 0 heterocycles. The SMILES string of the molecule is CCN(CC)S(=O)(=O)c1cccc(NC(=O)CN(Cc2ccc(OC)cc2OC)C2CC2)c1. The number of anilines is 1. The molecule has 0 radical (unpaired) electrons. The molecule has 0 bridgehead atoms. The zero-order chi connectivity index (χ0) is 24.0. The Morgan fingerprint density at radius 1 is 1.06 bits per heavy atom. The summed E-state index contributed by atoms with van der Waals surface area (Å²) in [5, 5.41) is 2.86. The van der Waals surface area contributed by atoms with Crippen molar-refractivity contribution in [1.82, 2.24) is 9.21 Å². The minimum absolute atomic E-state index is 0.172. The highest BCUT2D eigenvalue weighted by atomic mass is 32.2. The summed E-state index contributed by atoms with van der Waals surface area (Å²) in [6.07, 6.45) is 2.09. The van der Waals surface area contributed by atoms with Crippen LogP contribution in [0.2, 0.25) is 0 Å². The average Bonchev–Trinajstić information content (AvgIpc) is 3.65. The van der Waals surface area contributed by atoms with E-state index in [1.807, 2.05) is 18.2 Å². The zero-order valence-corrected chi connectivity index (χ0v) is 20.5. The Morgan fingerprint density at radius 3 is 2.39 bits per heavy atom. The standard InChI is InChI=1S/C24H33N3O5S/c1-5-27(6-2)33(29,30)22-9-7-8-19(14-22)25-24(28)17-26(20-11-12-20)16-18-10-13-21(31-3)15-23(18)32-4/h7-10,13-15,20H,5-6,11-12,16-17H2,1-4H3,(H,25,28). The lowest BCUT2D eigenvalue weighted by atomic mass is 10.1. The molecule has 1 N–H and O–H groups in total. The van der Waals surface area contributed by atoms with Gasteiger partial charge in [0.15, 0.2) is 0 Å². The maximum Gasteiger partial charge on any atom is 0.243 e. The predicted molar refractivity (Wildman–Crippen MR) is 128 cm³/mol. The second-order valence-electron chi connectivity index (χ2n) is 7.98. The molecule has 2 aromatic rings. The highest BCUT2D eigenvalue weighted by Crippen LogP contribution is 2.32. The normalized spacial score (nSPS) is 13.9. The molecule has 33 heavy (non-hydrogen) atoms. The molecular weight excluding hydrogens is 442 g/mol. The molecule has 1 amide bonds. The summed E-state index contributed by atoms with van der Waals surface area (Å²) < 4.78 is 37.8. The Labute approximate surface area is 196 Å². The van der Waals surface area contributed by atoms with Gasteiger partial charge in [-0.15, -0.1) is 0 Å². The van der Waals surface area contributed by atoms with E-state index in [9.17, 15) is 13.2 Å². The fourth-order valence-corrected chi connectivity index (χ4v) is 5.29. The third-order valence-corrected chi connectivity index (χ3v) is 7.78. The second kappa shape index (κ2) is 11.0. The number of nitrogens with zero attached hydrogens (tertiary/aromatic N) is 2. The number of carbonyl (C=O) groups is 1. The van der Waals surface area contributed by atoms with Gasteiger partial charge in [-0.1, -0.05) is 26.0 Å². The van der Waals surface area contributed by atoms with Crippen molar-refractivity contribution >= 4 is 21.6 Å². The van der Waals surface area contributed by atoms with E-state index in [1.165, 1.54) is 10.4 Å². The molecule has 0 unspecified atom stereocenters. The molecule has 0 aliphatic heterocycles. The number of sulfonamides is 1. The van der Waals surface area contributed by atoms with Crippen molar-refractivity contribution in [3.63, 3.8) is 0 Å². The first kappa shape index (κ1) is 25.0. The number of rotatable bonds is 12. The maximum atomic E-state index is 12.8. The molecule has 0 aromatic heterocycles. The average molecular weight is 476 g/mol. The number of carbonyl (C=O) groups excluding carboxylic acids is 1. The molecule has 1 aliphatic rings. The van der Waals surface area contributed by atoms with Crippen LogP contribution in [0.5, 0.6) is 11.5 Å². The topological polar surface area (TPSA) is 88.2 Å². The van der Waals surface area contributed by atoms with Crippen molar-refractivity contribution in [3.05, 3.63) is 48.0 Å². The van der Waals surface area contributed by atoms with Crippen molar-refractivity contribution in [2.75, 3.05) is 39.2 Å². The summed E-state index contributed by atoms with van der Waals surface area (Å²) >= 11 is 0. The smallest absolute Gasteiger partial charge is 0.243 e. The molecule has 1 aliphatic carbocycles. The van der Waals surface area contributed by atoms with E-state index in [0.717, 1.165) is 24.2 Å². The molecule has 3 rings (SSSR count). The third-order valence-electron chi connectivity index (χ3n) is 5.74. The van der Waals surface area contributed by atoms with Crippen molar-refractivity contribution < 1.29 is 22.7 Å². The number of amides is 1. The summed E-state index contributed by atoms with van der Waals surface area (Å²) in [5.74, 6) is 1.24. The van der Waals surface area contributed by atoms with Gasteiger partial charge in [-0.25, -0.2) is 8.42 Å². The molecule has 1 saturated carbocycles. The largest absolute Gasteiger partial charge is 0.497 e. The lowest BCUT2D eigenvalue weighted by molar-refractivity contribution is -0.117. The van der Waals surface area contributed by atoms with E-state index in [-0.39, 0.29) is 17.3 Å². The van der Waals surface area contributed by atoms with Crippen LogP contribution in [0, 0.1) is 0 Å². The summed E-state index contributed by atoms with van der Waals surface area (Å²) in [6, 6.07) is 12.4. The molecular formula is C24H33N3O5S. The van der Waals surface area contributed by atoms with E-state index in [4.69, 9.17) is 9.47 Å². The highest BCUT2D eigenvalue weighted by Gasteiger charge is 2.31. The van der Waals surface area contributed by atoms with Crippen LogP contribution in [-0.2, 0) is 21.4 Å². The van der Waals surface area contributed by atoms with Gasteiger partial charge < -0.3 is 14.8 Å². The van der Waals surface area contributed by atoms with Crippen LogP contribution in [0.1, 0.15) is 32.3 Å². The fourth-order valence-electron chi connectivity index (χ4n) is 3.79. The molecule has 0 saturated heterocycles. The van der Waals surface area contributed by atoms with Gasteiger partial charge in [0.1, 0.15) is 11.5 Å². The van der Waals surface area contributed by atoms with Gasteiger partial charge >= 0.3 is 0 Å². The Morgan fingerprint density at radius 2 is 1.79 bits per heavy atom. The Balaban J connectivity index is 1.70. The van der Waals surface area contributed by atoms with Crippen LogP contribution in [0.15, 0.2) is 47.4 Å². The van der Waals surface area contributed by atoms with Gasteiger partial charge in [0, 0.05) is 43.0 Å². The van der Waals surface area contributed by atoms with Crippen LogP contribution in [-0.4, -0.2) is 63.4 Å². The van der Waals surface area contributed by atoms with E-state index < -0.39 is 10.0 Å². The minimum atomic E-state index is -3.59. The van der Waals surface area contributed by atoms with Gasteiger partial charge in [0.05, 0.1) is 25.7 Å². The van der Waals surface area contributed by atoms with Crippen molar-refractivity contribution in [3.8, 4) is 11.5 Å². The number of hydrogen-bond donors (Lipinski definition) is 1. The third kappa shape index (κ3) is 6.25. The van der Waals surface area contributed by atoms with Crippen LogP contribution in [0.25, 0.3) is 0 Å². The van der Waals surface area contributed by atoms with Crippen LogP contribution >= 0.6 is 0 Å². The molecule has 1 fully saturated rings. The molecule has 180 valence electrons. The van der Waals surface area contributed by atoms with Crippen LogP contribution in [0.3, 0.4) is 0 Å². The van der Waals surface area contributed by atoms with Gasteiger partial charge in [-0.3, -0.25) is 9.69 Å². The second-order valence-corrected chi connectivity index (χ2v) is 9.92. The molecule has 2 aromatic carbocycles. The monoisotopic (exact) mass is 475 g/mol. The highest BCUT2D eigenvalue weighted by molar-refractivity contribution is 7.89. The van der Waals surface area contributed by atoms with Gasteiger partial charge in [0.2, 0.25) is 15.9 Å². The number of benzene rings is 2. The van der Waals surface area contributed by atoms with Crippen LogP contribution < -0.4 is 14.8 Å². The van der Waals surface area contributed by atoms with Gasteiger partial charge in [0.25, 0.3) is 0 Å². The summed E-state index contributed by atoms with van der Waals surface area (Å²) in [6.45, 7) is 5.16. The van der Waals surface area contributed by atoms with Gasteiger partial charge in [-0.2, -0.15) is 4.31 Å². The number of ether oxygens (including phenoxy) is 2. The lowest BCUT2D eigenvalue weighted by Crippen LogP contribution is -2.34. The van der Waals surface area contributed by atoms with Crippen LogP contribution in [0.4, 0.5) is 5.69 Å². The minimum Gasteiger partial charge on any atom is -0.497 e. The number of methoxy groups -OCH3 is 2. The van der Waals surface area contributed by atoms with Gasteiger partial charge in [-0.05, 0) is 37.1 Å². The fraction of sp³-hybridized carbons (Fsp3) is 0.458. The Kier molecular flexibility index (Phi) is 8.34. The summed E-state index contributed by atoms with van der Waals surface area (Å²) in [4.78, 5) is 15.1. The maximum absolute atomic E-state index is 12.8. The first-order valence-electron chi connectivity index (χ1n) is 11.2. The van der Waals surface area contributed by atoms with E-state index >= 15 is 0 Å². The molecule has 0 atom stereocenters. The first-order chi connectivity index (χ1) is 15.8. The lowest BCUT2D eigenvalue weighted by Gasteiger charge is -2.23. The summed E-state index contributed by atoms with van der Waals surface area (Å²) in [7, 11) is -0.367. The predicted octanol–water partition coefficient (Wildman–Crippen LogP) is 3.34. The van der Waals surface area contributed by atoms with Crippen molar-refractivity contribution in [1.29, 1.82) is 0 Å². The molecule has 8 nitrogen and oxygen atoms in total. The first-order valence-corrected chi connectivity index (χ1v) is 12.6. The Hall–Kier alpha value is -2.62. The number of hydrogen-bond acceptors (Lipinski definition) is 6. The van der Waals surface area contributed by atoms with E-state index in [0.29, 0.717) is 37.1 Å². The number of nitrogens with one attached hydrogen (secondary N) is 1. The quantitative estimate of drug-likeness (QED) is 0.507. The zero-order valence-electron chi connectivity index (χ0n) is 19.7. The molecule has 0 spiro atoms. The van der Waals surface area contributed by atoms with E-state index in [1.54, 1.807) is 46.3 Å². The van der Waals surface area contributed by atoms with E-state index in [2.05, 4.69) is 10.2 Å². The van der Waals surface area contributed by atoms with Crippen molar-refractivity contribution in [2.45, 2.75) is 44.2 Å².